The Morgan fingerprint density at radius 2 is 2.06 bits per heavy atom. The van der Waals surface area contributed by atoms with Gasteiger partial charge in [-0.15, -0.1) is 22.6 Å². The minimum Gasteiger partial charge on any atom is -0.298 e. The van der Waals surface area contributed by atoms with E-state index in [4.69, 9.17) is 5.84 Å². The Morgan fingerprint density at radius 1 is 1.35 bits per heavy atom. The molecule has 3 N–H and O–H groups in total. The van der Waals surface area contributed by atoms with Gasteiger partial charge in [0.2, 0.25) is 5.13 Å². The number of hydrogen-bond donors (Lipinski definition) is 2. The molecule has 0 saturated carbocycles. The van der Waals surface area contributed by atoms with Gasteiger partial charge in [0.25, 0.3) is 0 Å². The maximum absolute atomic E-state index is 11.5. The quantitative estimate of drug-likeness (QED) is 0.663. The second kappa shape index (κ2) is 6.06. The smallest absolute Gasteiger partial charge is 0.220 e. The number of rotatable bonds is 3. The monoisotopic (exact) mass is 290 g/mol. The van der Waals surface area contributed by atoms with E-state index in [0.29, 0.717) is 10.1 Å². The van der Waals surface area contributed by atoms with Gasteiger partial charge in [-0.1, -0.05) is 29.5 Å². The third-order valence-electron chi connectivity index (χ3n) is 1.98. The number of nitrogen functional groups attached to an aromatic ring is 1. The first kappa shape index (κ1) is 14.0. The molecule has 1 aromatic heterocycles. The summed E-state index contributed by atoms with van der Waals surface area (Å²) >= 11 is 1.32. The molecule has 5 nitrogen and oxygen atoms in total. The molecule has 92 valence electrons. The van der Waals surface area contributed by atoms with Gasteiger partial charge in [-0.2, -0.15) is 0 Å². The first-order chi connectivity index (χ1) is 7.72. The summed E-state index contributed by atoms with van der Waals surface area (Å²) in [6, 6.07) is 7.42. The highest BCUT2D eigenvalue weighted by Crippen LogP contribution is 2.29. The van der Waals surface area contributed by atoms with Gasteiger partial charge in [-0.25, -0.2) is 5.84 Å². The van der Waals surface area contributed by atoms with Crippen molar-refractivity contribution in [2.75, 3.05) is 11.7 Å². The molecule has 17 heavy (non-hydrogen) atoms. The number of nitrogens with two attached hydrogens (primary N) is 1. The van der Waals surface area contributed by atoms with E-state index in [9.17, 15) is 4.21 Å². The summed E-state index contributed by atoms with van der Waals surface area (Å²) in [5, 5.41) is 9.08. The summed E-state index contributed by atoms with van der Waals surface area (Å²) in [5.74, 6) is 5.24. The Balaban J connectivity index is 0.00000144. The molecule has 0 spiro atoms. The van der Waals surface area contributed by atoms with Crippen LogP contribution in [0, 0.1) is 0 Å². The Kier molecular flexibility index (Phi) is 5.01. The van der Waals surface area contributed by atoms with Crippen molar-refractivity contribution in [2.24, 2.45) is 5.84 Å². The SMILES string of the molecule is CS(=O)c1ccccc1-c1nnc(NN)s1.Cl. The summed E-state index contributed by atoms with van der Waals surface area (Å²) in [4.78, 5) is 0.752. The fourth-order valence-electron chi connectivity index (χ4n) is 1.28. The third-order valence-corrected chi connectivity index (χ3v) is 3.84. The topological polar surface area (TPSA) is 80.9 Å². The fourth-order valence-corrected chi connectivity index (χ4v) is 2.79. The second-order valence-corrected chi connectivity index (χ2v) is 5.33. The van der Waals surface area contributed by atoms with Gasteiger partial charge in [-0.3, -0.25) is 9.63 Å². The van der Waals surface area contributed by atoms with E-state index in [-0.39, 0.29) is 12.4 Å². The van der Waals surface area contributed by atoms with Gasteiger partial charge in [0.05, 0.1) is 10.8 Å². The molecule has 0 saturated heterocycles. The molecule has 0 bridgehead atoms. The first-order valence-corrected chi connectivity index (χ1v) is 6.83. The van der Waals surface area contributed by atoms with Crippen LogP contribution < -0.4 is 11.3 Å². The largest absolute Gasteiger partial charge is 0.298 e. The van der Waals surface area contributed by atoms with Crippen LogP contribution in [0.4, 0.5) is 5.13 Å². The van der Waals surface area contributed by atoms with E-state index in [1.54, 1.807) is 6.26 Å². The molecule has 0 fully saturated rings. The lowest BCUT2D eigenvalue weighted by Gasteiger charge is -2.02. The summed E-state index contributed by atoms with van der Waals surface area (Å²) in [7, 11) is -1.05. The van der Waals surface area contributed by atoms with E-state index < -0.39 is 10.8 Å². The number of aromatic nitrogens is 2. The van der Waals surface area contributed by atoms with Crippen LogP contribution in [0.1, 0.15) is 0 Å². The van der Waals surface area contributed by atoms with Crippen molar-refractivity contribution in [3.05, 3.63) is 24.3 Å². The zero-order valence-electron chi connectivity index (χ0n) is 8.91. The van der Waals surface area contributed by atoms with Crippen molar-refractivity contribution in [3.8, 4) is 10.6 Å². The molecule has 1 atom stereocenters. The zero-order chi connectivity index (χ0) is 11.5. The predicted molar refractivity (Wildman–Crippen MR) is 72.7 cm³/mol. The molecule has 0 aliphatic carbocycles. The highest BCUT2D eigenvalue weighted by molar-refractivity contribution is 7.84. The fraction of sp³-hybridized carbons (Fsp3) is 0.111. The lowest BCUT2D eigenvalue weighted by molar-refractivity contribution is 0.687. The third kappa shape index (κ3) is 3.01. The van der Waals surface area contributed by atoms with Crippen LogP contribution in [-0.2, 0) is 10.8 Å². The zero-order valence-corrected chi connectivity index (χ0v) is 11.4. The standard InChI is InChI=1S/C9H10N4OS2.ClH/c1-16(14)7-5-3-2-4-6(7)8-12-13-9(11-10)15-8;/h2-5H,10H2,1H3,(H,11,13);1H. The molecule has 2 rings (SSSR count). The molecule has 1 heterocycles. The number of anilines is 1. The maximum Gasteiger partial charge on any atom is 0.220 e. The molecule has 2 aromatic rings. The van der Waals surface area contributed by atoms with E-state index in [2.05, 4.69) is 15.6 Å². The van der Waals surface area contributed by atoms with E-state index in [1.807, 2.05) is 24.3 Å². The average molecular weight is 291 g/mol. The molecular formula is C9H11ClN4OS2. The molecule has 0 amide bonds. The summed E-state index contributed by atoms with van der Waals surface area (Å²) < 4.78 is 11.5. The van der Waals surface area contributed by atoms with E-state index in [1.165, 1.54) is 11.3 Å². The Bertz CT molecular complexity index is 531. The molecule has 8 heteroatoms. The van der Waals surface area contributed by atoms with E-state index in [0.717, 1.165) is 10.5 Å². The summed E-state index contributed by atoms with van der Waals surface area (Å²) in [6.45, 7) is 0. The van der Waals surface area contributed by atoms with Crippen molar-refractivity contribution in [2.45, 2.75) is 4.90 Å². The molecule has 1 aromatic carbocycles. The van der Waals surface area contributed by atoms with Crippen LogP contribution in [0.5, 0.6) is 0 Å². The first-order valence-electron chi connectivity index (χ1n) is 4.45. The van der Waals surface area contributed by atoms with Crippen molar-refractivity contribution >= 4 is 39.7 Å². The number of nitrogens with zero attached hydrogens (tertiary/aromatic N) is 2. The Hall–Kier alpha value is -1.02. The normalized spacial score (nSPS) is 11.6. The number of benzene rings is 1. The lowest BCUT2D eigenvalue weighted by Crippen LogP contribution is -2.05. The predicted octanol–water partition coefficient (Wildman–Crippen LogP) is 1.65. The van der Waals surface area contributed by atoms with Gasteiger partial charge in [-0.05, 0) is 6.07 Å². The Morgan fingerprint density at radius 3 is 2.65 bits per heavy atom. The number of nitrogens with one attached hydrogen (secondary N) is 1. The van der Waals surface area contributed by atoms with Crippen LogP contribution in [0.25, 0.3) is 10.6 Å². The van der Waals surface area contributed by atoms with Crippen molar-refractivity contribution in [1.82, 2.24) is 10.2 Å². The summed E-state index contributed by atoms with van der Waals surface area (Å²) in [5.41, 5.74) is 3.27. The van der Waals surface area contributed by atoms with Gasteiger partial charge in [0, 0.05) is 16.7 Å². The molecular weight excluding hydrogens is 280 g/mol. The molecule has 0 aliphatic heterocycles. The Labute approximate surface area is 111 Å². The number of hydrogen-bond acceptors (Lipinski definition) is 6. The summed E-state index contributed by atoms with van der Waals surface area (Å²) in [6.07, 6.45) is 1.64. The lowest BCUT2D eigenvalue weighted by atomic mass is 10.2. The second-order valence-electron chi connectivity index (χ2n) is 3.01. The highest BCUT2D eigenvalue weighted by atomic mass is 35.5. The molecule has 0 aliphatic rings. The van der Waals surface area contributed by atoms with Crippen molar-refractivity contribution < 1.29 is 4.21 Å². The van der Waals surface area contributed by atoms with Crippen molar-refractivity contribution in [1.29, 1.82) is 0 Å². The van der Waals surface area contributed by atoms with Gasteiger partial charge < -0.3 is 0 Å². The molecule has 0 radical (unpaired) electrons. The molecule has 1 unspecified atom stereocenters. The van der Waals surface area contributed by atoms with Crippen LogP contribution >= 0.6 is 23.7 Å². The van der Waals surface area contributed by atoms with Gasteiger partial charge >= 0.3 is 0 Å². The van der Waals surface area contributed by atoms with Crippen LogP contribution in [0.2, 0.25) is 0 Å². The minimum absolute atomic E-state index is 0. The highest BCUT2D eigenvalue weighted by Gasteiger charge is 2.11. The van der Waals surface area contributed by atoms with Gasteiger partial charge in [0.1, 0.15) is 0 Å². The average Bonchev–Trinajstić information content (AvgIpc) is 2.77. The number of hydrazine groups is 1. The number of halogens is 1. The van der Waals surface area contributed by atoms with Crippen molar-refractivity contribution in [3.63, 3.8) is 0 Å². The van der Waals surface area contributed by atoms with E-state index >= 15 is 0 Å². The maximum atomic E-state index is 11.5. The van der Waals surface area contributed by atoms with Crippen LogP contribution in [-0.4, -0.2) is 20.7 Å². The van der Waals surface area contributed by atoms with Crippen LogP contribution in [0.15, 0.2) is 29.2 Å². The van der Waals surface area contributed by atoms with Gasteiger partial charge in [0.15, 0.2) is 5.01 Å². The van der Waals surface area contributed by atoms with Crippen LogP contribution in [0.3, 0.4) is 0 Å². The minimum atomic E-state index is -1.05.